The number of benzene rings is 5. The Morgan fingerprint density at radius 2 is 0.936 bits per heavy atom. The first kappa shape index (κ1) is 34.5. The van der Waals surface area contributed by atoms with Crippen molar-refractivity contribution in [1.29, 1.82) is 0 Å². The van der Waals surface area contributed by atoms with Gasteiger partial charge in [0.15, 0.2) is 0 Å². The van der Waals surface area contributed by atoms with Crippen LogP contribution in [0.2, 0.25) is 0 Å². The molecule has 0 saturated carbocycles. The van der Waals surface area contributed by atoms with Crippen LogP contribution in [0.1, 0.15) is 101 Å². The molecule has 0 atom stereocenters. The molecule has 7 rings (SSSR count). The summed E-state index contributed by atoms with van der Waals surface area (Å²) in [5, 5.41) is 2.50. The zero-order valence-electron chi connectivity index (χ0n) is 29.0. The zero-order chi connectivity index (χ0) is 32.5. The number of aromatic nitrogens is 1. The first-order chi connectivity index (χ1) is 22.2. The van der Waals surface area contributed by atoms with E-state index >= 15 is 0 Å². The van der Waals surface area contributed by atoms with E-state index in [1.807, 2.05) is 12.1 Å². The Bertz CT molecular complexity index is 1930. The number of para-hydroxylation sites is 4. The number of nitrogens with zero attached hydrogens (tertiary/aromatic N) is 2. The first-order valence-corrected chi connectivity index (χ1v) is 17.0. The zero-order valence-corrected chi connectivity index (χ0v) is 29.9. The van der Waals surface area contributed by atoms with E-state index < -0.39 is 0 Å². The van der Waals surface area contributed by atoms with Crippen molar-refractivity contribution in [2.45, 2.75) is 79.1 Å². The molecule has 0 spiro atoms. The van der Waals surface area contributed by atoms with Crippen LogP contribution in [-0.4, -0.2) is 12.8 Å². The van der Waals surface area contributed by atoms with Gasteiger partial charge in [-0.25, -0.2) is 0 Å². The van der Waals surface area contributed by atoms with Crippen molar-refractivity contribution in [1.82, 2.24) is 9.56 Å². The summed E-state index contributed by atoms with van der Waals surface area (Å²) in [7, 11) is 0. The molecular weight excluding hydrogens is 619 g/mol. The van der Waals surface area contributed by atoms with Crippen LogP contribution in [0.15, 0.2) is 109 Å². The molecule has 0 bridgehead atoms. The van der Waals surface area contributed by atoms with Gasteiger partial charge in [0.05, 0.1) is 11.8 Å². The topological polar surface area (TPSA) is 17.1 Å². The molecule has 47 heavy (non-hydrogen) atoms. The number of hydrogen-bond donors (Lipinski definition) is 0. The Morgan fingerprint density at radius 3 is 1.43 bits per heavy atom. The van der Waals surface area contributed by atoms with Gasteiger partial charge in [0.1, 0.15) is 5.69 Å². The summed E-state index contributed by atoms with van der Waals surface area (Å²) in [5.74, 6) is 1.83. The van der Waals surface area contributed by atoms with Crippen LogP contribution in [0.5, 0.6) is 0 Å². The van der Waals surface area contributed by atoms with Gasteiger partial charge in [-0.2, -0.15) is 0 Å². The molecule has 1 aliphatic rings. The van der Waals surface area contributed by atoms with Crippen molar-refractivity contribution in [3.8, 4) is 0 Å². The van der Waals surface area contributed by atoms with Crippen molar-refractivity contribution >= 4 is 56.9 Å². The third-order valence-electron chi connectivity index (χ3n) is 9.36. The summed E-state index contributed by atoms with van der Waals surface area (Å²) in [6.07, 6.45) is 4.00. The molecule has 1 aromatic heterocycles. The first-order valence-electron chi connectivity index (χ1n) is 17.0. The van der Waals surface area contributed by atoms with Gasteiger partial charge in [-0.3, -0.25) is 0 Å². The quantitative estimate of drug-likeness (QED) is 0.0984. The molecule has 0 saturated heterocycles. The van der Waals surface area contributed by atoms with Crippen LogP contribution < -0.4 is 20.5 Å². The predicted molar refractivity (Wildman–Crippen MR) is 202 cm³/mol. The number of hydrogen-bond acceptors (Lipinski definition) is 0. The van der Waals surface area contributed by atoms with E-state index in [1.165, 1.54) is 55.3 Å². The smallest absolute Gasteiger partial charge is 0.657 e. The van der Waals surface area contributed by atoms with Crippen LogP contribution in [0.4, 0.5) is 11.4 Å². The average molecular weight is 665 g/mol. The third kappa shape index (κ3) is 6.64. The molecule has 5 aromatic carbocycles. The van der Waals surface area contributed by atoms with Crippen LogP contribution in [0, 0.1) is 0 Å². The van der Waals surface area contributed by atoms with Crippen LogP contribution in [0.25, 0.3) is 21.8 Å². The van der Waals surface area contributed by atoms with Gasteiger partial charge >= 0.3 is 17.1 Å². The van der Waals surface area contributed by atoms with Crippen molar-refractivity contribution in [3.05, 3.63) is 131 Å². The van der Waals surface area contributed by atoms with Gasteiger partial charge in [-0.1, -0.05) is 181 Å². The molecule has 0 N–H and O–H groups in total. The van der Waals surface area contributed by atoms with Gasteiger partial charge < -0.3 is 9.56 Å². The molecular formula is C43H46BCuN2+. The summed E-state index contributed by atoms with van der Waals surface area (Å²) >= 11 is 0. The van der Waals surface area contributed by atoms with E-state index in [0.29, 0.717) is 23.7 Å². The van der Waals surface area contributed by atoms with E-state index in [2.05, 4.69) is 168 Å². The monoisotopic (exact) mass is 664 g/mol. The fourth-order valence-corrected chi connectivity index (χ4v) is 7.05. The maximum Gasteiger partial charge on any atom is 2.00 e. The second kappa shape index (κ2) is 14.5. The fourth-order valence-electron chi connectivity index (χ4n) is 7.05. The standard InChI is InChI=1S/C31H38BN.C12H8N.Cu/c1-20(2)24-13-11-14-25(21(3)4)30(24)32-19-33(29-18-10-9-17-28(29)32)31-26(22(5)6)15-12-16-27(31)23(7)8;1-3-7-11-9(5-1)10-6-2-4-8-12(10)13-11;/h9-18,20-23H,1-8H3;1-8H;/q;-1;+2. The van der Waals surface area contributed by atoms with E-state index in [-0.39, 0.29) is 23.8 Å². The summed E-state index contributed by atoms with van der Waals surface area (Å²) in [6.45, 7) is 18.6. The Morgan fingerprint density at radius 1 is 0.511 bits per heavy atom. The summed E-state index contributed by atoms with van der Waals surface area (Å²) in [6, 6.07) is 39.1. The number of rotatable bonds is 6. The Kier molecular flexibility index (Phi) is 10.6. The predicted octanol–water partition coefficient (Wildman–Crippen LogP) is 10.1. The molecule has 0 amide bonds. The van der Waals surface area contributed by atoms with E-state index in [0.717, 1.165) is 11.0 Å². The fraction of sp³-hybridized carbons (Fsp3) is 0.279. The second-order valence-corrected chi connectivity index (χ2v) is 13.9. The molecule has 1 aliphatic heterocycles. The Balaban J connectivity index is 0.000000256. The molecule has 4 heteroatoms. The van der Waals surface area contributed by atoms with Crippen LogP contribution >= 0.6 is 0 Å². The van der Waals surface area contributed by atoms with Crippen molar-refractivity contribution in [2.24, 2.45) is 0 Å². The summed E-state index contributed by atoms with van der Waals surface area (Å²) < 4.78 is 2.39. The van der Waals surface area contributed by atoms with Gasteiger partial charge in [-0.15, -0.1) is 11.0 Å². The summed E-state index contributed by atoms with van der Waals surface area (Å²) in [5.41, 5.74) is 13.2. The second-order valence-electron chi connectivity index (χ2n) is 13.9. The Hall–Kier alpha value is -3.85. The minimum Gasteiger partial charge on any atom is -0.657 e. The van der Waals surface area contributed by atoms with Gasteiger partial charge in [0.2, 0.25) is 6.71 Å². The van der Waals surface area contributed by atoms with E-state index in [1.54, 1.807) is 0 Å². The maximum atomic E-state index is 4.52. The number of fused-ring (bicyclic) bond motifs is 4. The van der Waals surface area contributed by atoms with Gasteiger partial charge in [-0.05, 0) is 51.6 Å². The van der Waals surface area contributed by atoms with Crippen molar-refractivity contribution in [3.63, 3.8) is 0 Å². The van der Waals surface area contributed by atoms with E-state index in [9.17, 15) is 0 Å². The van der Waals surface area contributed by atoms with Crippen LogP contribution in [-0.2, 0) is 17.1 Å². The Labute approximate surface area is 292 Å². The molecule has 0 aliphatic carbocycles. The minimum absolute atomic E-state index is 0. The van der Waals surface area contributed by atoms with Crippen LogP contribution in [0.3, 0.4) is 0 Å². The maximum absolute atomic E-state index is 4.52. The molecule has 2 nitrogen and oxygen atoms in total. The largest absolute Gasteiger partial charge is 2.00 e. The third-order valence-corrected chi connectivity index (χ3v) is 9.36. The normalized spacial score (nSPS) is 12.5. The summed E-state index contributed by atoms with van der Waals surface area (Å²) in [4.78, 5) is 4.52. The average Bonchev–Trinajstić information content (AvgIpc) is 3.63. The molecule has 0 unspecified atom stereocenters. The molecule has 1 radical (unpaired) electrons. The van der Waals surface area contributed by atoms with Gasteiger partial charge in [0, 0.05) is 0 Å². The van der Waals surface area contributed by atoms with Gasteiger partial charge in [0.25, 0.3) is 0 Å². The molecule has 6 aromatic rings. The van der Waals surface area contributed by atoms with Crippen molar-refractivity contribution < 1.29 is 17.1 Å². The SMILES string of the molecule is CC(C)c1cccc(C(C)C)c1B1[C-]=[N+](c2c(C(C)C)cccc2C(C)C)c2ccccc21.[Cu+2].c1ccc2c(c1)[n-]c1ccccc12. The molecule has 241 valence electrons. The van der Waals surface area contributed by atoms with Crippen molar-refractivity contribution in [2.75, 3.05) is 0 Å². The van der Waals surface area contributed by atoms with E-state index in [4.69, 9.17) is 0 Å². The molecule has 0 fully saturated rings. The molecule has 2 heterocycles. The minimum atomic E-state index is 0.